The number of aliphatic carboxylic acids is 2. The van der Waals surface area contributed by atoms with Gasteiger partial charge in [0.25, 0.3) is 0 Å². The van der Waals surface area contributed by atoms with Gasteiger partial charge in [-0.2, -0.15) is 0 Å². The average molecular weight is 310 g/mol. The standard InChI is InChI=1S/C6H14O3.2C4H8O2/c1-2-6(3-7,4-8)5-9;2*1-2-3-4(5)6/h7-9H,2-5H2,1H3;2*2-3H2,1H3,(H,5,6). The van der Waals surface area contributed by atoms with E-state index in [-0.39, 0.29) is 19.8 Å². The van der Waals surface area contributed by atoms with E-state index in [1.807, 2.05) is 20.8 Å². The first-order chi connectivity index (χ1) is 9.78. The highest BCUT2D eigenvalue weighted by Crippen LogP contribution is 2.18. The van der Waals surface area contributed by atoms with Crippen LogP contribution < -0.4 is 0 Å². The van der Waals surface area contributed by atoms with Crippen molar-refractivity contribution in [3.63, 3.8) is 0 Å². The fourth-order valence-corrected chi connectivity index (χ4v) is 0.913. The predicted octanol–water partition coefficient (Wildman–Crippen LogP) is 1.10. The van der Waals surface area contributed by atoms with Crippen LogP contribution in [0.5, 0.6) is 0 Å². The van der Waals surface area contributed by atoms with E-state index in [9.17, 15) is 9.59 Å². The molecule has 0 radical (unpaired) electrons. The Hall–Kier alpha value is -1.18. The molecular weight excluding hydrogens is 280 g/mol. The van der Waals surface area contributed by atoms with Gasteiger partial charge in [0.05, 0.1) is 19.8 Å². The second kappa shape index (κ2) is 16.9. The third-order valence-corrected chi connectivity index (χ3v) is 2.68. The van der Waals surface area contributed by atoms with Crippen LogP contribution in [-0.4, -0.2) is 57.3 Å². The fourth-order valence-electron chi connectivity index (χ4n) is 0.913. The van der Waals surface area contributed by atoms with E-state index in [0.717, 1.165) is 12.8 Å². The molecule has 0 aliphatic carbocycles. The minimum Gasteiger partial charge on any atom is -0.481 e. The Bertz CT molecular complexity index is 216. The molecule has 0 fully saturated rings. The third-order valence-electron chi connectivity index (χ3n) is 2.68. The van der Waals surface area contributed by atoms with Crippen LogP contribution in [0.25, 0.3) is 0 Å². The van der Waals surface area contributed by atoms with Gasteiger partial charge in [-0.15, -0.1) is 0 Å². The van der Waals surface area contributed by atoms with E-state index in [0.29, 0.717) is 19.3 Å². The van der Waals surface area contributed by atoms with Crippen molar-refractivity contribution in [2.45, 2.75) is 52.9 Å². The number of carboxylic acids is 2. The molecule has 0 rings (SSSR count). The molecule has 0 saturated carbocycles. The number of carboxylic acid groups (broad SMARTS) is 2. The Morgan fingerprint density at radius 2 is 1.05 bits per heavy atom. The molecule has 0 spiro atoms. The number of rotatable bonds is 8. The van der Waals surface area contributed by atoms with E-state index in [1.54, 1.807) is 0 Å². The van der Waals surface area contributed by atoms with Crippen LogP contribution in [0.1, 0.15) is 52.9 Å². The highest BCUT2D eigenvalue weighted by molar-refractivity contribution is 5.66. The summed E-state index contributed by atoms with van der Waals surface area (Å²) < 4.78 is 0. The Labute approximate surface area is 126 Å². The van der Waals surface area contributed by atoms with Crippen molar-refractivity contribution in [3.8, 4) is 0 Å². The van der Waals surface area contributed by atoms with Crippen molar-refractivity contribution in [2.75, 3.05) is 19.8 Å². The van der Waals surface area contributed by atoms with Gasteiger partial charge in [0.15, 0.2) is 0 Å². The molecule has 0 aromatic rings. The number of carbonyl (C=O) groups is 2. The number of aliphatic hydroxyl groups is 3. The largest absolute Gasteiger partial charge is 0.481 e. The zero-order valence-corrected chi connectivity index (χ0v) is 13.2. The van der Waals surface area contributed by atoms with Gasteiger partial charge in [-0.05, 0) is 19.3 Å². The molecule has 0 aromatic heterocycles. The Morgan fingerprint density at radius 3 is 1.05 bits per heavy atom. The summed E-state index contributed by atoms with van der Waals surface area (Å²) in [5.41, 5.74) is -0.667. The minimum atomic E-state index is -0.711. The lowest BCUT2D eigenvalue weighted by Crippen LogP contribution is -2.32. The molecule has 0 aliphatic heterocycles. The topological polar surface area (TPSA) is 135 Å². The van der Waals surface area contributed by atoms with Crippen LogP contribution >= 0.6 is 0 Å². The van der Waals surface area contributed by atoms with Gasteiger partial charge in [0.1, 0.15) is 0 Å². The summed E-state index contributed by atoms with van der Waals surface area (Å²) in [7, 11) is 0. The second-order valence-electron chi connectivity index (χ2n) is 4.62. The van der Waals surface area contributed by atoms with Gasteiger partial charge in [-0.1, -0.05) is 20.8 Å². The van der Waals surface area contributed by atoms with Gasteiger partial charge in [0, 0.05) is 18.3 Å². The smallest absolute Gasteiger partial charge is 0.303 e. The third kappa shape index (κ3) is 18.8. The highest BCUT2D eigenvalue weighted by atomic mass is 16.4. The van der Waals surface area contributed by atoms with Crippen molar-refractivity contribution >= 4 is 11.9 Å². The first-order valence-corrected chi connectivity index (χ1v) is 7.05. The maximum Gasteiger partial charge on any atom is 0.303 e. The summed E-state index contributed by atoms with van der Waals surface area (Å²) in [6.07, 6.45) is 2.64. The Morgan fingerprint density at radius 1 is 0.762 bits per heavy atom. The molecule has 0 unspecified atom stereocenters. The molecule has 21 heavy (non-hydrogen) atoms. The molecule has 128 valence electrons. The molecule has 0 aromatic carbocycles. The zero-order valence-electron chi connectivity index (χ0n) is 13.2. The lowest BCUT2D eigenvalue weighted by molar-refractivity contribution is -0.138. The van der Waals surface area contributed by atoms with E-state index in [2.05, 4.69) is 0 Å². The van der Waals surface area contributed by atoms with Crippen LogP contribution in [-0.2, 0) is 9.59 Å². The van der Waals surface area contributed by atoms with Crippen molar-refractivity contribution in [1.29, 1.82) is 0 Å². The van der Waals surface area contributed by atoms with E-state index in [4.69, 9.17) is 25.5 Å². The summed E-state index contributed by atoms with van der Waals surface area (Å²) in [5.74, 6) is -1.42. The van der Waals surface area contributed by atoms with Gasteiger partial charge < -0.3 is 25.5 Å². The summed E-state index contributed by atoms with van der Waals surface area (Å²) in [4.78, 5) is 19.2. The zero-order chi connectivity index (χ0) is 17.3. The van der Waals surface area contributed by atoms with Crippen molar-refractivity contribution < 1.29 is 35.1 Å². The number of aliphatic hydroxyl groups excluding tert-OH is 3. The molecule has 0 heterocycles. The van der Waals surface area contributed by atoms with Crippen LogP contribution in [0, 0.1) is 5.41 Å². The van der Waals surface area contributed by atoms with Gasteiger partial charge in [-0.25, -0.2) is 0 Å². The minimum absolute atomic E-state index is 0.156. The van der Waals surface area contributed by atoms with E-state index < -0.39 is 17.4 Å². The molecule has 0 atom stereocenters. The quantitative estimate of drug-likeness (QED) is 0.453. The first-order valence-electron chi connectivity index (χ1n) is 7.05. The molecule has 0 bridgehead atoms. The summed E-state index contributed by atoms with van der Waals surface area (Å²) >= 11 is 0. The molecule has 5 N–H and O–H groups in total. The van der Waals surface area contributed by atoms with Gasteiger partial charge in [-0.3, -0.25) is 9.59 Å². The summed E-state index contributed by atoms with van der Waals surface area (Å²) in [6, 6.07) is 0. The van der Waals surface area contributed by atoms with Gasteiger partial charge in [0.2, 0.25) is 0 Å². The maximum absolute atomic E-state index is 9.60. The highest BCUT2D eigenvalue weighted by Gasteiger charge is 2.24. The SMILES string of the molecule is CCC(CO)(CO)CO.CCCC(=O)O.CCCC(=O)O. The normalized spacial score (nSPS) is 9.81. The summed E-state index contributed by atoms with van der Waals surface area (Å²) in [5, 5.41) is 41.8. The molecule has 0 amide bonds. The fraction of sp³-hybridized carbons (Fsp3) is 0.857. The molecule has 0 aliphatic rings. The Balaban J connectivity index is -0.000000240. The number of hydrogen-bond acceptors (Lipinski definition) is 5. The average Bonchev–Trinajstić information content (AvgIpc) is 2.43. The monoisotopic (exact) mass is 310 g/mol. The van der Waals surface area contributed by atoms with E-state index in [1.165, 1.54) is 0 Å². The molecular formula is C14H30O7. The molecule has 7 nitrogen and oxygen atoms in total. The van der Waals surface area contributed by atoms with Crippen LogP contribution in [0.2, 0.25) is 0 Å². The molecule has 0 saturated heterocycles. The first kappa shape index (κ1) is 24.8. The maximum atomic E-state index is 9.60. The lowest BCUT2D eigenvalue weighted by Gasteiger charge is -2.24. The lowest BCUT2D eigenvalue weighted by atomic mass is 9.88. The van der Waals surface area contributed by atoms with Gasteiger partial charge >= 0.3 is 11.9 Å². The van der Waals surface area contributed by atoms with Crippen molar-refractivity contribution in [2.24, 2.45) is 5.41 Å². The predicted molar refractivity (Wildman–Crippen MR) is 79.1 cm³/mol. The number of hydrogen-bond donors (Lipinski definition) is 5. The Kier molecular flexibility index (Phi) is 19.9. The van der Waals surface area contributed by atoms with Crippen LogP contribution in [0.4, 0.5) is 0 Å². The van der Waals surface area contributed by atoms with Crippen LogP contribution in [0.15, 0.2) is 0 Å². The summed E-state index contributed by atoms with van der Waals surface area (Å²) in [6.45, 7) is 5.04. The van der Waals surface area contributed by atoms with Crippen molar-refractivity contribution in [3.05, 3.63) is 0 Å². The van der Waals surface area contributed by atoms with Crippen molar-refractivity contribution in [1.82, 2.24) is 0 Å². The van der Waals surface area contributed by atoms with E-state index >= 15 is 0 Å². The molecule has 7 heteroatoms. The van der Waals surface area contributed by atoms with Crippen LogP contribution in [0.3, 0.4) is 0 Å². The second-order valence-corrected chi connectivity index (χ2v) is 4.62.